The van der Waals surface area contributed by atoms with Gasteiger partial charge >= 0.3 is 0 Å². The maximum Gasteiger partial charge on any atom is 0.168 e. The largest absolute Gasteiger partial charge is 0.511 e. The van der Waals surface area contributed by atoms with Crippen LogP contribution in [0.5, 0.6) is 0 Å². The number of rotatable bonds is 7. The van der Waals surface area contributed by atoms with Gasteiger partial charge in [0, 0.05) is 38.1 Å². The molecule has 0 aromatic heterocycles. The summed E-state index contributed by atoms with van der Waals surface area (Å²) in [5.74, 6) is -0.189. The zero-order chi connectivity index (χ0) is 24.8. The molecule has 2 N–H and O–H groups in total. The van der Waals surface area contributed by atoms with Gasteiger partial charge in [-0.25, -0.2) is 0 Å². The lowest BCUT2D eigenvalue weighted by Gasteiger charge is -2.22. The lowest BCUT2D eigenvalue weighted by Crippen LogP contribution is -2.20. The maximum absolute atomic E-state index is 12.6. The van der Waals surface area contributed by atoms with Crippen LogP contribution in [0.3, 0.4) is 0 Å². The second kappa shape index (κ2) is 11.1. The molecule has 6 heteroatoms. The number of hydrogen-bond acceptors (Lipinski definition) is 6. The van der Waals surface area contributed by atoms with E-state index >= 15 is 0 Å². The van der Waals surface area contributed by atoms with Crippen LogP contribution >= 0.6 is 0 Å². The zero-order valence-electron chi connectivity index (χ0n) is 19.8. The van der Waals surface area contributed by atoms with E-state index in [1.165, 1.54) is 12.4 Å². The predicted molar refractivity (Wildman–Crippen MR) is 137 cm³/mol. The van der Waals surface area contributed by atoms with Gasteiger partial charge in [-0.1, -0.05) is 60.7 Å². The molecule has 180 valence electrons. The number of ketones is 2. The Morgan fingerprint density at radius 1 is 0.771 bits per heavy atom. The van der Waals surface area contributed by atoms with Gasteiger partial charge in [-0.05, 0) is 29.9 Å². The van der Waals surface area contributed by atoms with E-state index in [1.807, 2.05) is 67.6 Å². The van der Waals surface area contributed by atoms with Gasteiger partial charge in [0.05, 0.1) is 23.7 Å². The summed E-state index contributed by atoms with van der Waals surface area (Å²) in [6.45, 7) is 2.13. The van der Waals surface area contributed by atoms with Crippen molar-refractivity contribution in [2.45, 2.75) is 50.5 Å². The molecule has 3 atom stereocenters. The molecule has 0 fully saturated rings. The molecule has 0 bridgehead atoms. The highest BCUT2D eigenvalue weighted by Crippen LogP contribution is 2.34. The summed E-state index contributed by atoms with van der Waals surface area (Å²) in [6.07, 6.45) is 4.35. The van der Waals surface area contributed by atoms with Crippen molar-refractivity contribution in [1.29, 1.82) is 0 Å². The van der Waals surface area contributed by atoms with Crippen molar-refractivity contribution in [3.05, 3.63) is 94.5 Å². The second-order valence-corrected chi connectivity index (χ2v) is 9.22. The van der Waals surface area contributed by atoms with Gasteiger partial charge in [-0.2, -0.15) is 0 Å². The lowest BCUT2D eigenvalue weighted by atomic mass is 9.83. The molecule has 2 aromatic rings. The number of allylic oxidation sites excluding steroid dienone is 4. The SMILES string of the molecule is C[C@@H](CN=CC1=C(O)CC(c2ccccc2)CC1=O)N=CC1=C(O)CC(c2ccccc2)CC1=O. The molecule has 35 heavy (non-hydrogen) atoms. The average Bonchev–Trinajstić information content (AvgIpc) is 2.86. The Morgan fingerprint density at radius 2 is 1.23 bits per heavy atom. The molecule has 2 unspecified atom stereocenters. The van der Waals surface area contributed by atoms with Crippen molar-refractivity contribution in [3.8, 4) is 0 Å². The smallest absolute Gasteiger partial charge is 0.168 e. The fraction of sp³-hybridized carbons (Fsp3) is 0.310. The van der Waals surface area contributed by atoms with E-state index < -0.39 is 0 Å². The number of aliphatic imine (C=N–C) groups is 2. The first-order valence-corrected chi connectivity index (χ1v) is 12.0. The van der Waals surface area contributed by atoms with E-state index in [-0.39, 0.29) is 58.7 Å². The Hall–Kier alpha value is -3.80. The van der Waals surface area contributed by atoms with Crippen molar-refractivity contribution in [2.24, 2.45) is 9.98 Å². The second-order valence-electron chi connectivity index (χ2n) is 9.22. The molecule has 0 heterocycles. The molecule has 0 saturated heterocycles. The van der Waals surface area contributed by atoms with Crippen LogP contribution in [0.1, 0.15) is 55.6 Å². The van der Waals surface area contributed by atoms with Crippen LogP contribution in [-0.4, -0.2) is 46.8 Å². The molecule has 0 amide bonds. The summed E-state index contributed by atoms with van der Waals surface area (Å²) < 4.78 is 0. The Bertz CT molecular complexity index is 1200. The Balaban J connectivity index is 1.35. The average molecular weight is 471 g/mol. The van der Waals surface area contributed by atoms with E-state index in [4.69, 9.17) is 0 Å². The van der Waals surface area contributed by atoms with Crippen molar-refractivity contribution >= 4 is 24.0 Å². The number of carbonyl (C=O) groups excluding carboxylic acids is 2. The summed E-state index contributed by atoms with van der Waals surface area (Å²) in [5, 5.41) is 20.9. The number of Topliss-reactive ketones (excluding diaryl/α,β-unsaturated/α-hetero) is 2. The van der Waals surface area contributed by atoms with Gasteiger partial charge in [-0.15, -0.1) is 0 Å². The fourth-order valence-electron chi connectivity index (χ4n) is 4.58. The minimum atomic E-state index is -0.260. The minimum Gasteiger partial charge on any atom is -0.511 e. The predicted octanol–water partition coefficient (Wildman–Crippen LogP) is 5.43. The van der Waals surface area contributed by atoms with Crippen LogP contribution in [0.4, 0.5) is 0 Å². The van der Waals surface area contributed by atoms with Gasteiger partial charge in [0.2, 0.25) is 0 Å². The minimum absolute atomic E-state index is 0.0279. The number of hydrogen-bond donors (Lipinski definition) is 2. The highest BCUT2D eigenvalue weighted by molar-refractivity contribution is 6.15. The molecule has 2 aliphatic rings. The standard InChI is InChI=1S/C29H30N2O4/c1-19(31-18-25-28(34)14-23(15-29(25)35)21-10-6-3-7-11-21)16-30-17-24-26(32)12-22(13-27(24)33)20-8-4-2-5-9-20/h2-11,17-19,22-23,32,34H,12-16H2,1H3/t19-,22?,23?/m0/s1. The molecule has 0 spiro atoms. The summed E-state index contributed by atoms with van der Waals surface area (Å²) in [6, 6.07) is 19.2. The Labute approximate surface area is 205 Å². The number of benzene rings is 2. The quantitative estimate of drug-likeness (QED) is 0.527. The summed E-state index contributed by atoms with van der Waals surface area (Å²) in [5.41, 5.74) is 2.58. The molecule has 2 aliphatic carbocycles. The summed E-state index contributed by atoms with van der Waals surface area (Å²) in [4.78, 5) is 33.9. The first-order chi connectivity index (χ1) is 16.9. The van der Waals surface area contributed by atoms with Crippen molar-refractivity contribution in [1.82, 2.24) is 0 Å². The first-order valence-electron chi connectivity index (χ1n) is 12.0. The van der Waals surface area contributed by atoms with Crippen molar-refractivity contribution in [3.63, 3.8) is 0 Å². The van der Waals surface area contributed by atoms with Gasteiger partial charge in [0.25, 0.3) is 0 Å². The third-order valence-electron chi connectivity index (χ3n) is 6.56. The van der Waals surface area contributed by atoms with E-state index in [0.29, 0.717) is 25.7 Å². The van der Waals surface area contributed by atoms with Crippen LogP contribution in [0.25, 0.3) is 0 Å². The summed E-state index contributed by atoms with van der Waals surface area (Å²) in [7, 11) is 0. The van der Waals surface area contributed by atoms with E-state index in [0.717, 1.165) is 11.1 Å². The third kappa shape index (κ3) is 6.01. The lowest BCUT2D eigenvalue weighted by molar-refractivity contribution is -0.117. The van der Waals surface area contributed by atoms with Gasteiger partial charge in [0.15, 0.2) is 11.6 Å². The Morgan fingerprint density at radius 3 is 1.69 bits per heavy atom. The van der Waals surface area contributed by atoms with Gasteiger partial charge in [-0.3, -0.25) is 19.6 Å². The van der Waals surface area contributed by atoms with E-state index in [1.54, 1.807) is 0 Å². The Kier molecular flexibility index (Phi) is 7.70. The highest BCUT2D eigenvalue weighted by Gasteiger charge is 2.28. The van der Waals surface area contributed by atoms with E-state index in [2.05, 4.69) is 9.98 Å². The fourth-order valence-corrected chi connectivity index (χ4v) is 4.58. The molecule has 2 aromatic carbocycles. The number of carbonyl (C=O) groups is 2. The maximum atomic E-state index is 12.6. The first kappa shape index (κ1) is 24.3. The van der Waals surface area contributed by atoms with Crippen molar-refractivity contribution < 1.29 is 19.8 Å². The van der Waals surface area contributed by atoms with Crippen LogP contribution < -0.4 is 0 Å². The molecule has 4 rings (SSSR count). The molecule has 6 nitrogen and oxygen atoms in total. The normalized spacial score (nSPS) is 22.4. The molecular weight excluding hydrogens is 440 g/mol. The van der Waals surface area contributed by atoms with Crippen LogP contribution in [0, 0.1) is 0 Å². The van der Waals surface area contributed by atoms with Gasteiger partial charge in [0.1, 0.15) is 11.5 Å². The topological polar surface area (TPSA) is 99.3 Å². The zero-order valence-corrected chi connectivity index (χ0v) is 19.8. The highest BCUT2D eigenvalue weighted by atomic mass is 16.3. The number of nitrogens with zero attached hydrogens (tertiary/aromatic N) is 2. The molecular formula is C29H30N2O4. The number of aliphatic hydroxyl groups is 2. The van der Waals surface area contributed by atoms with Crippen LogP contribution in [0.15, 0.2) is 93.3 Å². The molecule has 0 aliphatic heterocycles. The van der Waals surface area contributed by atoms with E-state index in [9.17, 15) is 19.8 Å². The molecule has 0 saturated carbocycles. The number of aliphatic hydroxyl groups excluding tert-OH is 2. The summed E-state index contributed by atoms with van der Waals surface area (Å²) >= 11 is 0. The van der Waals surface area contributed by atoms with Crippen LogP contribution in [0.2, 0.25) is 0 Å². The third-order valence-corrected chi connectivity index (χ3v) is 6.56. The molecule has 0 radical (unpaired) electrons. The van der Waals surface area contributed by atoms with Crippen molar-refractivity contribution in [2.75, 3.05) is 6.54 Å². The van der Waals surface area contributed by atoms with Gasteiger partial charge < -0.3 is 10.2 Å². The van der Waals surface area contributed by atoms with Crippen LogP contribution in [-0.2, 0) is 9.59 Å². The monoisotopic (exact) mass is 470 g/mol.